The Labute approximate surface area is 162 Å². The highest BCUT2D eigenvalue weighted by molar-refractivity contribution is 7.98. The summed E-state index contributed by atoms with van der Waals surface area (Å²) in [7, 11) is 0. The lowest BCUT2D eigenvalue weighted by atomic mass is 10.1. The van der Waals surface area contributed by atoms with Crippen LogP contribution in [-0.2, 0) is 12.8 Å². The number of fused-ring (bicyclic) bond motifs is 1. The quantitative estimate of drug-likeness (QED) is 0.494. The highest BCUT2D eigenvalue weighted by Crippen LogP contribution is 2.25. The van der Waals surface area contributed by atoms with Crippen molar-refractivity contribution in [2.24, 2.45) is 0 Å². The van der Waals surface area contributed by atoms with E-state index in [0.717, 1.165) is 46.9 Å². The van der Waals surface area contributed by atoms with Gasteiger partial charge in [-0.1, -0.05) is 6.07 Å². The summed E-state index contributed by atoms with van der Waals surface area (Å²) in [4.78, 5) is 19.1. The SMILES string of the molecule is CSc1ccc2c(C)cc(-n3nc(C)nc3CCc3cnccn3)nc2c1. The van der Waals surface area contributed by atoms with Crippen molar-refractivity contribution in [1.29, 1.82) is 0 Å². The molecular weight excluding hydrogens is 356 g/mol. The van der Waals surface area contributed by atoms with E-state index >= 15 is 0 Å². The maximum atomic E-state index is 4.86. The molecule has 4 aromatic rings. The molecule has 136 valence electrons. The van der Waals surface area contributed by atoms with E-state index < -0.39 is 0 Å². The predicted octanol–water partition coefficient (Wildman–Crippen LogP) is 3.73. The second kappa shape index (κ2) is 7.44. The summed E-state index contributed by atoms with van der Waals surface area (Å²) in [5.41, 5.74) is 3.09. The summed E-state index contributed by atoms with van der Waals surface area (Å²) in [5, 5.41) is 5.75. The monoisotopic (exact) mass is 376 g/mol. The number of nitrogens with zero attached hydrogens (tertiary/aromatic N) is 6. The van der Waals surface area contributed by atoms with Crippen molar-refractivity contribution in [1.82, 2.24) is 29.7 Å². The zero-order chi connectivity index (χ0) is 18.8. The molecule has 7 heteroatoms. The van der Waals surface area contributed by atoms with Crippen LogP contribution in [0.15, 0.2) is 47.8 Å². The molecule has 0 unspecified atom stereocenters. The van der Waals surface area contributed by atoms with Gasteiger partial charge in [0.2, 0.25) is 0 Å². The average Bonchev–Trinajstić information content (AvgIpc) is 3.07. The standard InChI is InChI=1S/C20H20N6S/c1-13-10-20(24-18-11-16(27-3)5-6-17(13)18)26-19(23-14(2)25-26)7-4-15-12-21-8-9-22-15/h5-6,8-12H,4,7H2,1-3H3. The Kier molecular flexibility index (Phi) is 4.85. The van der Waals surface area contributed by atoms with Gasteiger partial charge in [0.25, 0.3) is 0 Å². The van der Waals surface area contributed by atoms with Crippen LogP contribution in [0.3, 0.4) is 0 Å². The number of hydrogen-bond donors (Lipinski definition) is 0. The van der Waals surface area contributed by atoms with Gasteiger partial charge in [0.05, 0.1) is 11.2 Å². The van der Waals surface area contributed by atoms with E-state index in [2.05, 4.69) is 57.5 Å². The first-order chi connectivity index (χ1) is 13.1. The molecule has 0 N–H and O–H groups in total. The average molecular weight is 376 g/mol. The van der Waals surface area contributed by atoms with Crippen molar-refractivity contribution in [3.05, 3.63) is 65.8 Å². The zero-order valence-corrected chi connectivity index (χ0v) is 16.4. The molecule has 6 nitrogen and oxygen atoms in total. The summed E-state index contributed by atoms with van der Waals surface area (Å²) in [6, 6.07) is 8.46. The molecule has 0 saturated carbocycles. The van der Waals surface area contributed by atoms with Crippen molar-refractivity contribution < 1.29 is 0 Å². The molecule has 0 radical (unpaired) electrons. The molecule has 0 aliphatic heterocycles. The molecule has 0 saturated heterocycles. The van der Waals surface area contributed by atoms with Gasteiger partial charge in [0, 0.05) is 35.3 Å². The largest absolute Gasteiger partial charge is 0.261 e. The lowest BCUT2D eigenvalue weighted by Gasteiger charge is -2.09. The van der Waals surface area contributed by atoms with Crippen LogP contribution in [0.4, 0.5) is 0 Å². The number of aromatic nitrogens is 6. The molecule has 1 aromatic carbocycles. The molecule has 0 aliphatic rings. The van der Waals surface area contributed by atoms with Crippen LogP contribution >= 0.6 is 11.8 Å². The van der Waals surface area contributed by atoms with E-state index in [1.807, 2.05) is 11.6 Å². The fourth-order valence-electron chi connectivity index (χ4n) is 3.10. The number of benzene rings is 1. The number of pyridine rings is 1. The number of aryl methyl sites for hydroxylation is 4. The van der Waals surface area contributed by atoms with Crippen molar-refractivity contribution in [2.45, 2.75) is 31.6 Å². The van der Waals surface area contributed by atoms with Crippen LogP contribution in [-0.4, -0.2) is 36.0 Å². The summed E-state index contributed by atoms with van der Waals surface area (Å²) in [5.74, 6) is 2.42. The van der Waals surface area contributed by atoms with Crippen molar-refractivity contribution >= 4 is 22.7 Å². The maximum Gasteiger partial charge on any atom is 0.156 e. The molecule has 0 bridgehead atoms. The number of hydrogen-bond acceptors (Lipinski definition) is 6. The van der Waals surface area contributed by atoms with Crippen molar-refractivity contribution in [3.63, 3.8) is 0 Å². The fraction of sp³-hybridized carbons (Fsp3) is 0.250. The van der Waals surface area contributed by atoms with Crippen LogP contribution in [0.25, 0.3) is 16.7 Å². The van der Waals surface area contributed by atoms with Crippen molar-refractivity contribution in [3.8, 4) is 5.82 Å². The van der Waals surface area contributed by atoms with Gasteiger partial charge in [0.15, 0.2) is 5.82 Å². The number of rotatable bonds is 5. The van der Waals surface area contributed by atoms with E-state index in [-0.39, 0.29) is 0 Å². The topological polar surface area (TPSA) is 69.4 Å². The van der Waals surface area contributed by atoms with E-state index in [9.17, 15) is 0 Å². The van der Waals surface area contributed by atoms with Gasteiger partial charge in [-0.2, -0.15) is 4.68 Å². The third-order valence-electron chi connectivity index (χ3n) is 4.43. The molecule has 0 aliphatic carbocycles. The van der Waals surface area contributed by atoms with Gasteiger partial charge in [-0.15, -0.1) is 16.9 Å². The van der Waals surface area contributed by atoms with E-state index in [0.29, 0.717) is 0 Å². The minimum absolute atomic E-state index is 0.725. The van der Waals surface area contributed by atoms with Crippen LogP contribution in [0, 0.1) is 13.8 Å². The van der Waals surface area contributed by atoms with E-state index in [4.69, 9.17) is 4.98 Å². The number of thioether (sulfide) groups is 1. The van der Waals surface area contributed by atoms with Crippen LogP contribution in [0.2, 0.25) is 0 Å². The molecular formula is C20H20N6S. The predicted molar refractivity (Wildman–Crippen MR) is 107 cm³/mol. The maximum absolute atomic E-state index is 4.86. The highest BCUT2D eigenvalue weighted by Gasteiger charge is 2.13. The van der Waals surface area contributed by atoms with Gasteiger partial charge in [-0.05, 0) is 50.3 Å². The third-order valence-corrected chi connectivity index (χ3v) is 5.15. The lowest BCUT2D eigenvalue weighted by molar-refractivity contribution is 0.744. The molecule has 27 heavy (non-hydrogen) atoms. The van der Waals surface area contributed by atoms with E-state index in [1.165, 1.54) is 10.5 Å². The van der Waals surface area contributed by atoms with Gasteiger partial charge in [-0.3, -0.25) is 9.97 Å². The molecule has 0 amide bonds. The first-order valence-electron chi connectivity index (χ1n) is 8.77. The Balaban J connectivity index is 1.72. The fourth-order valence-corrected chi connectivity index (χ4v) is 3.54. The van der Waals surface area contributed by atoms with Crippen molar-refractivity contribution in [2.75, 3.05) is 6.26 Å². The van der Waals surface area contributed by atoms with Crippen LogP contribution < -0.4 is 0 Å². The Morgan fingerprint density at radius 3 is 2.70 bits per heavy atom. The highest BCUT2D eigenvalue weighted by atomic mass is 32.2. The van der Waals surface area contributed by atoms with E-state index in [1.54, 1.807) is 30.4 Å². The van der Waals surface area contributed by atoms with Crippen LogP contribution in [0.1, 0.15) is 22.9 Å². The normalized spacial score (nSPS) is 11.2. The Bertz CT molecular complexity index is 1090. The Hall–Kier alpha value is -2.80. The van der Waals surface area contributed by atoms with Gasteiger partial charge in [-0.25, -0.2) is 9.97 Å². The molecule has 4 rings (SSSR count). The minimum Gasteiger partial charge on any atom is -0.261 e. The summed E-state index contributed by atoms with van der Waals surface area (Å²) < 4.78 is 1.85. The lowest BCUT2D eigenvalue weighted by Crippen LogP contribution is -2.08. The summed E-state index contributed by atoms with van der Waals surface area (Å²) in [6.07, 6.45) is 8.74. The third kappa shape index (κ3) is 3.68. The van der Waals surface area contributed by atoms with Crippen LogP contribution in [0.5, 0.6) is 0 Å². The molecule has 3 heterocycles. The molecule has 3 aromatic heterocycles. The Morgan fingerprint density at radius 2 is 1.93 bits per heavy atom. The second-order valence-electron chi connectivity index (χ2n) is 6.36. The molecule has 0 spiro atoms. The zero-order valence-electron chi connectivity index (χ0n) is 15.5. The minimum atomic E-state index is 0.725. The van der Waals surface area contributed by atoms with Gasteiger partial charge in [0.1, 0.15) is 11.6 Å². The molecule has 0 fully saturated rings. The summed E-state index contributed by atoms with van der Waals surface area (Å²) in [6.45, 7) is 4.01. The van der Waals surface area contributed by atoms with Gasteiger partial charge < -0.3 is 0 Å². The van der Waals surface area contributed by atoms with Gasteiger partial charge >= 0.3 is 0 Å². The molecule has 0 atom stereocenters. The first-order valence-corrected chi connectivity index (χ1v) is 10.00. The first kappa shape index (κ1) is 17.6. The smallest absolute Gasteiger partial charge is 0.156 e. The second-order valence-corrected chi connectivity index (χ2v) is 7.24. The Morgan fingerprint density at radius 1 is 1.04 bits per heavy atom. The summed E-state index contributed by atoms with van der Waals surface area (Å²) >= 11 is 1.72.